The van der Waals surface area contributed by atoms with E-state index in [2.05, 4.69) is 25.7 Å². The monoisotopic (exact) mass is 510 g/mol. The Morgan fingerprint density at radius 3 is 2.81 bits per heavy atom. The van der Waals surface area contributed by atoms with Gasteiger partial charge in [-0.05, 0) is 48.6 Å². The number of benzene rings is 1. The molecule has 1 aliphatic rings. The second kappa shape index (κ2) is 9.78. The van der Waals surface area contributed by atoms with Gasteiger partial charge in [-0.25, -0.2) is 18.7 Å². The van der Waals surface area contributed by atoms with E-state index >= 15 is 0 Å². The molecule has 3 aromatic heterocycles. The van der Waals surface area contributed by atoms with Crippen LogP contribution in [0.4, 0.5) is 15.1 Å². The van der Waals surface area contributed by atoms with E-state index in [0.29, 0.717) is 40.6 Å². The normalized spacial score (nSPS) is 12.9. The zero-order valence-corrected chi connectivity index (χ0v) is 19.5. The third-order valence-electron chi connectivity index (χ3n) is 5.61. The molecule has 2 amide bonds. The van der Waals surface area contributed by atoms with Crippen molar-refractivity contribution in [3.63, 3.8) is 0 Å². The van der Waals surface area contributed by atoms with Gasteiger partial charge in [0.2, 0.25) is 0 Å². The molecule has 36 heavy (non-hydrogen) atoms. The summed E-state index contributed by atoms with van der Waals surface area (Å²) in [5, 5.41) is 17.8. The number of nitrogens with one attached hydrogen (secondary N) is 2. The van der Waals surface area contributed by atoms with Crippen LogP contribution in [0.5, 0.6) is 5.75 Å². The molecule has 1 fully saturated rings. The molecule has 1 aromatic carbocycles. The molecular formula is C24H20ClFN6O4. The first-order valence-electron chi connectivity index (χ1n) is 11.1. The van der Waals surface area contributed by atoms with Gasteiger partial charge in [0.05, 0.1) is 12.2 Å². The van der Waals surface area contributed by atoms with Crippen LogP contribution in [0.25, 0.3) is 16.8 Å². The smallest absolute Gasteiger partial charge is 0.411 e. The van der Waals surface area contributed by atoms with E-state index in [1.165, 1.54) is 22.8 Å². The highest BCUT2D eigenvalue weighted by Gasteiger charge is 2.23. The van der Waals surface area contributed by atoms with E-state index in [9.17, 15) is 14.0 Å². The number of anilines is 1. The summed E-state index contributed by atoms with van der Waals surface area (Å²) in [6.45, 7) is 0.636. The number of pyridine rings is 2. The Morgan fingerprint density at radius 2 is 2.03 bits per heavy atom. The second-order valence-corrected chi connectivity index (χ2v) is 8.69. The molecule has 0 spiro atoms. The highest BCUT2D eigenvalue weighted by atomic mass is 35.5. The SMILES string of the molecule is O=C(O)Nc1nc2cc(-c3cnc(Cl)c(C(=O)NCc4ccc(F)cc4OCC4CC4)c3)ccn2n1. The predicted octanol–water partition coefficient (Wildman–Crippen LogP) is 4.39. The number of ether oxygens (including phenoxy) is 1. The summed E-state index contributed by atoms with van der Waals surface area (Å²) in [6.07, 6.45) is 4.06. The van der Waals surface area contributed by atoms with Gasteiger partial charge in [-0.15, -0.1) is 5.10 Å². The highest BCUT2D eigenvalue weighted by molar-refractivity contribution is 6.32. The lowest BCUT2D eigenvalue weighted by Gasteiger charge is -2.13. The molecule has 0 aliphatic heterocycles. The van der Waals surface area contributed by atoms with Crippen LogP contribution in [-0.4, -0.2) is 43.3 Å². The minimum absolute atomic E-state index is 0.0251. The number of carboxylic acid groups (broad SMARTS) is 1. The van der Waals surface area contributed by atoms with E-state index in [1.54, 1.807) is 30.5 Å². The summed E-state index contributed by atoms with van der Waals surface area (Å²) in [6, 6.07) is 9.21. The van der Waals surface area contributed by atoms with Crippen LogP contribution >= 0.6 is 11.6 Å². The molecular weight excluding hydrogens is 491 g/mol. The zero-order valence-electron chi connectivity index (χ0n) is 18.7. The van der Waals surface area contributed by atoms with Crippen molar-refractivity contribution >= 4 is 35.2 Å². The summed E-state index contributed by atoms with van der Waals surface area (Å²) in [5.74, 6) is -0.0243. The Labute approximate surface area is 209 Å². The van der Waals surface area contributed by atoms with Gasteiger partial charge in [0.15, 0.2) is 5.65 Å². The van der Waals surface area contributed by atoms with Gasteiger partial charge in [0.25, 0.3) is 11.9 Å². The average Bonchev–Trinajstić information content (AvgIpc) is 3.59. The van der Waals surface area contributed by atoms with Crippen molar-refractivity contribution in [2.45, 2.75) is 19.4 Å². The van der Waals surface area contributed by atoms with E-state index in [1.807, 2.05) is 0 Å². The predicted molar refractivity (Wildman–Crippen MR) is 129 cm³/mol. The molecule has 0 bridgehead atoms. The Morgan fingerprint density at radius 1 is 1.19 bits per heavy atom. The van der Waals surface area contributed by atoms with Crippen LogP contribution in [-0.2, 0) is 6.54 Å². The van der Waals surface area contributed by atoms with E-state index in [-0.39, 0.29) is 23.2 Å². The number of halogens is 2. The number of hydrogen-bond acceptors (Lipinski definition) is 6. The number of hydrogen-bond donors (Lipinski definition) is 3. The summed E-state index contributed by atoms with van der Waals surface area (Å²) in [7, 11) is 0. The minimum Gasteiger partial charge on any atom is -0.493 e. The lowest BCUT2D eigenvalue weighted by Crippen LogP contribution is -2.24. The summed E-state index contributed by atoms with van der Waals surface area (Å²) in [4.78, 5) is 32.0. The Balaban J connectivity index is 1.33. The number of carbonyl (C=O) groups excluding carboxylic acids is 1. The van der Waals surface area contributed by atoms with Crippen LogP contribution in [0.3, 0.4) is 0 Å². The fourth-order valence-corrected chi connectivity index (χ4v) is 3.74. The topological polar surface area (TPSA) is 131 Å². The van der Waals surface area contributed by atoms with Crippen molar-refractivity contribution < 1.29 is 23.8 Å². The van der Waals surface area contributed by atoms with Gasteiger partial charge in [-0.3, -0.25) is 10.1 Å². The molecule has 3 N–H and O–H groups in total. The molecule has 184 valence electrons. The fourth-order valence-electron chi connectivity index (χ4n) is 3.55. The molecule has 1 aliphatic carbocycles. The van der Waals surface area contributed by atoms with Crippen LogP contribution in [0.2, 0.25) is 5.15 Å². The number of nitrogens with zero attached hydrogens (tertiary/aromatic N) is 4. The Bertz CT molecular complexity index is 1470. The van der Waals surface area contributed by atoms with E-state index < -0.39 is 17.8 Å². The number of carbonyl (C=O) groups is 2. The number of aromatic nitrogens is 4. The number of amides is 2. The third-order valence-corrected chi connectivity index (χ3v) is 5.91. The summed E-state index contributed by atoms with van der Waals surface area (Å²) in [5.41, 5.74) is 2.47. The van der Waals surface area contributed by atoms with Crippen molar-refractivity contribution in [3.8, 4) is 16.9 Å². The maximum Gasteiger partial charge on any atom is 0.411 e. The van der Waals surface area contributed by atoms with Crippen LogP contribution in [0.15, 0.2) is 48.8 Å². The lowest BCUT2D eigenvalue weighted by atomic mass is 10.1. The molecule has 4 aromatic rings. The maximum atomic E-state index is 13.7. The largest absolute Gasteiger partial charge is 0.493 e. The highest BCUT2D eigenvalue weighted by Crippen LogP contribution is 2.31. The second-order valence-electron chi connectivity index (χ2n) is 8.34. The number of fused-ring (bicyclic) bond motifs is 1. The zero-order chi connectivity index (χ0) is 25.2. The van der Waals surface area contributed by atoms with Crippen molar-refractivity contribution in [2.75, 3.05) is 11.9 Å². The van der Waals surface area contributed by atoms with E-state index in [0.717, 1.165) is 12.8 Å². The van der Waals surface area contributed by atoms with Gasteiger partial charge in [-0.1, -0.05) is 17.7 Å². The molecule has 0 unspecified atom stereocenters. The molecule has 0 radical (unpaired) electrons. The standard InChI is InChI=1S/C24H20ClFN6O4/c25-21-18(22(33)28-10-15-3-4-17(26)9-19(15)36-12-13-1-2-13)7-16(11-27-21)14-5-6-32-20(8-14)29-23(31-32)30-24(34)35/h3-9,11,13H,1-2,10,12H2,(H,28,33)(H,30,31)(H,34,35). The van der Waals surface area contributed by atoms with Gasteiger partial charge < -0.3 is 15.2 Å². The lowest BCUT2D eigenvalue weighted by molar-refractivity contribution is 0.0950. The number of rotatable bonds is 8. The third kappa shape index (κ3) is 5.36. The molecule has 0 saturated heterocycles. The van der Waals surface area contributed by atoms with E-state index in [4.69, 9.17) is 21.4 Å². The maximum absolute atomic E-state index is 13.7. The summed E-state index contributed by atoms with van der Waals surface area (Å²) < 4.78 is 20.9. The Kier molecular flexibility index (Phi) is 6.38. The molecule has 5 rings (SSSR count). The fraction of sp³-hybridized carbons (Fsp3) is 0.208. The first kappa shape index (κ1) is 23.5. The molecule has 12 heteroatoms. The van der Waals surface area contributed by atoms with Crippen LogP contribution < -0.4 is 15.4 Å². The van der Waals surface area contributed by atoms with Crippen molar-refractivity contribution in [1.82, 2.24) is 24.9 Å². The average molecular weight is 511 g/mol. The van der Waals surface area contributed by atoms with Crippen molar-refractivity contribution in [2.24, 2.45) is 5.92 Å². The summed E-state index contributed by atoms with van der Waals surface area (Å²) >= 11 is 6.21. The van der Waals surface area contributed by atoms with Crippen molar-refractivity contribution in [1.29, 1.82) is 0 Å². The van der Waals surface area contributed by atoms with Gasteiger partial charge >= 0.3 is 6.09 Å². The molecule has 1 saturated carbocycles. The first-order valence-corrected chi connectivity index (χ1v) is 11.5. The molecule has 10 nitrogen and oxygen atoms in total. The molecule has 0 atom stereocenters. The molecule has 3 heterocycles. The quantitative estimate of drug-likeness (QED) is 0.299. The van der Waals surface area contributed by atoms with Gasteiger partial charge in [-0.2, -0.15) is 4.98 Å². The van der Waals surface area contributed by atoms with Gasteiger partial charge in [0.1, 0.15) is 16.7 Å². The Hall–Kier alpha value is -4.25. The first-order chi connectivity index (χ1) is 17.4. The van der Waals surface area contributed by atoms with Gasteiger partial charge in [0, 0.05) is 36.1 Å². The van der Waals surface area contributed by atoms with Crippen LogP contribution in [0.1, 0.15) is 28.8 Å². The minimum atomic E-state index is -1.27. The van der Waals surface area contributed by atoms with Crippen molar-refractivity contribution in [3.05, 3.63) is 70.9 Å². The van der Waals surface area contributed by atoms with Crippen LogP contribution in [0, 0.1) is 11.7 Å².